The van der Waals surface area contributed by atoms with E-state index in [0.29, 0.717) is 5.52 Å². The second-order valence-corrected chi connectivity index (χ2v) is 3.76. The van der Waals surface area contributed by atoms with E-state index >= 15 is 0 Å². The molecule has 0 radical (unpaired) electrons. The lowest BCUT2D eigenvalue weighted by Crippen LogP contribution is -1.90. The van der Waals surface area contributed by atoms with Crippen LogP contribution < -0.4 is 0 Å². The van der Waals surface area contributed by atoms with Crippen LogP contribution >= 0.6 is 0 Å². The zero-order valence-electron chi connectivity index (χ0n) is 12.8. The van der Waals surface area contributed by atoms with Gasteiger partial charge in [-0.2, -0.15) is 0 Å². The van der Waals surface area contributed by atoms with Crippen LogP contribution in [0.4, 0.5) is 4.39 Å². The predicted molar refractivity (Wildman–Crippen MR) is 83.0 cm³/mol. The molecular weight excluding hydrogens is 237 g/mol. The van der Waals surface area contributed by atoms with Crippen LogP contribution in [0.3, 0.4) is 0 Å². The van der Waals surface area contributed by atoms with Crippen molar-refractivity contribution in [2.75, 3.05) is 0 Å². The summed E-state index contributed by atoms with van der Waals surface area (Å²) < 4.78 is 13.6. The number of nitrogens with zero attached hydrogens (tertiary/aromatic N) is 1. The van der Waals surface area contributed by atoms with Crippen molar-refractivity contribution in [1.82, 2.24) is 4.98 Å². The van der Waals surface area contributed by atoms with Crippen molar-refractivity contribution in [3.05, 3.63) is 41.8 Å². The minimum atomic E-state index is -0.209. The summed E-state index contributed by atoms with van der Waals surface area (Å²) in [5.74, 6) is -0.209. The molecule has 2 aromatic rings. The number of fused-ring (bicyclic) bond motifs is 1. The number of aryl methyl sites for hydroxylation is 1. The maximum atomic E-state index is 13.6. The number of aromatic nitrogens is 1. The molecule has 1 aromatic carbocycles. The highest BCUT2D eigenvalue weighted by atomic mass is 19.1. The Morgan fingerprint density at radius 3 is 2.42 bits per heavy atom. The molecule has 0 N–H and O–H groups in total. The van der Waals surface area contributed by atoms with E-state index in [9.17, 15) is 4.39 Å². The second kappa shape index (κ2) is 10.5. The highest BCUT2D eigenvalue weighted by Gasteiger charge is 2.03. The standard InChI is InChI=1S/C13H14FN.2C2H6/c1-2-3-5-10-8-11-6-4-7-15-13(11)12(14)9-10;2*1-2/h4,6-9H,2-3,5H2,1H3;2*1-2H3. The van der Waals surface area contributed by atoms with Gasteiger partial charge in [-0.1, -0.05) is 47.1 Å². The topological polar surface area (TPSA) is 12.9 Å². The molecule has 0 saturated heterocycles. The smallest absolute Gasteiger partial charge is 0.149 e. The van der Waals surface area contributed by atoms with Crippen LogP contribution in [0.2, 0.25) is 0 Å². The Morgan fingerprint density at radius 2 is 1.79 bits per heavy atom. The van der Waals surface area contributed by atoms with Gasteiger partial charge in [-0.25, -0.2) is 4.39 Å². The summed E-state index contributed by atoms with van der Waals surface area (Å²) in [4.78, 5) is 4.03. The number of halogens is 1. The van der Waals surface area contributed by atoms with Gasteiger partial charge < -0.3 is 0 Å². The molecule has 0 aliphatic carbocycles. The summed E-state index contributed by atoms with van der Waals surface area (Å²) in [7, 11) is 0. The van der Waals surface area contributed by atoms with Gasteiger partial charge in [0.15, 0.2) is 0 Å². The molecule has 0 aliphatic rings. The number of unbranched alkanes of at least 4 members (excludes halogenated alkanes) is 1. The largest absolute Gasteiger partial charge is 0.253 e. The molecule has 1 heterocycles. The normalized spacial score (nSPS) is 9.16. The molecule has 0 unspecified atom stereocenters. The molecule has 1 aromatic heterocycles. The molecule has 1 nitrogen and oxygen atoms in total. The molecular formula is C17H26FN. The summed E-state index contributed by atoms with van der Waals surface area (Å²) >= 11 is 0. The Morgan fingerprint density at radius 1 is 1.11 bits per heavy atom. The first kappa shape index (κ1) is 17.6. The van der Waals surface area contributed by atoms with E-state index in [4.69, 9.17) is 0 Å². The van der Waals surface area contributed by atoms with Crippen LogP contribution in [0.25, 0.3) is 10.9 Å². The summed E-state index contributed by atoms with van der Waals surface area (Å²) in [5, 5.41) is 0.892. The Labute approximate surface area is 116 Å². The first-order valence-corrected chi connectivity index (χ1v) is 7.34. The summed E-state index contributed by atoms with van der Waals surface area (Å²) in [6, 6.07) is 7.37. The average molecular weight is 263 g/mol. The third kappa shape index (κ3) is 5.37. The van der Waals surface area contributed by atoms with Crippen molar-refractivity contribution in [2.24, 2.45) is 0 Å². The lowest BCUT2D eigenvalue weighted by atomic mass is 10.1. The quantitative estimate of drug-likeness (QED) is 0.685. The van der Waals surface area contributed by atoms with Crippen LogP contribution in [0.5, 0.6) is 0 Å². The fourth-order valence-corrected chi connectivity index (χ4v) is 1.73. The number of hydrogen-bond donors (Lipinski definition) is 0. The molecule has 0 spiro atoms. The average Bonchev–Trinajstić information content (AvgIpc) is 2.49. The van der Waals surface area contributed by atoms with Gasteiger partial charge in [-0.05, 0) is 36.6 Å². The van der Waals surface area contributed by atoms with Gasteiger partial charge in [-0.3, -0.25) is 4.98 Å². The fourth-order valence-electron chi connectivity index (χ4n) is 1.73. The monoisotopic (exact) mass is 263 g/mol. The molecule has 0 bridgehead atoms. The van der Waals surface area contributed by atoms with Gasteiger partial charge in [0.2, 0.25) is 0 Å². The molecule has 0 aliphatic heterocycles. The zero-order valence-corrected chi connectivity index (χ0v) is 12.8. The SMILES string of the molecule is CC.CC.CCCCc1cc(F)c2ncccc2c1. The first-order valence-electron chi connectivity index (χ1n) is 7.34. The van der Waals surface area contributed by atoms with Crippen molar-refractivity contribution >= 4 is 10.9 Å². The van der Waals surface area contributed by atoms with Gasteiger partial charge in [0.25, 0.3) is 0 Å². The van der Waals surface area contributed by atoms with Crippen LogP contribution in [-0.2, 0) is 6.42 Å². The summed E-state index contributed by atoms with van der Waals surface area (Å²) in [5.41, 5.74) is 1.53. The molecule has 0 amide bonds. The van der Waals surface area contributed by atoms with Gasteiger partial charge in [0.1, 0.15) is 11.3 Å². The second-order valence-electron chi connectivity index (χ2n) is 3.76. The van der Waals surface area contributed by atoms with Crippen molar-refractivity contribution in [3.63, 3.8) is 0 Å². The van der Waals surface area contributed by atoms with Crippen LogP contribution in [0.1, 0.15) is 53.0 Å². The van der Waals surface area contributed by atoms with E-state index in [0.717, 1.165) is 30.2 Å². The van der Waals surface area contributed by atoms with Gasteiger partial charge >= 0.3 is 0 Å². The number of benzene rings is 1. The minimum Gasteiger partial charge on any atom is -0.253 e. The highest BCUT2D eigenvalue weighted by Crippen LogP contribution is 2.18. The van der Waals surface area contributed by atoms with Crippen molar-refractivity contribution < 1.29 is 4.39 Å². The van der Waals surface area contributed by atoms with Crippen LogP contribution in [0, 0.1) is 5.82 Å². The lowest BCUT2D eigenvalue weighted by Gasteiger charge is -2.03. The number of pyridine rings is 1. The molecule has 0 fully saturated rings. The van der Waals surface area contributed by atoms with E-state index in [-0.39, 0.29) is 5.82 Å². The maximum absolute atomic E-state index is 13.6. The van der Waals surface area contributed by atoms with E-state index in [1.165, 1.54) is 0 Å². The third-order valence-corrected chi connectivity index (χ3v) is 2.54. The maximum Gasteiger partial charge on any atom is 0.149 e. The number of hydrogen-bond acceptors (Lipinski definition) is 1. The lowest BCUT2D eigenvalue weighted by molar-refractivity contribution is 0.633. The van der Waals surface area contributed by atoms with E-state index in [1.807, 2.05) is 45.9 Å². The Bertz CT molecular complexity index is 466. The van der Waals surface area contributed by atoms with E-state index < -0.39 is 0 Å². The Hall–Kier alpha value is -1.44. The van der Waals surface area contributed by atoms with Crippen LogP contribution in [-0.4, -0.2) is 4.98 Å². The highest BCUT2D eigenvalue weighted by molar-refractivity contribution is 5.79. The summed E-state index contributed by atoms with van der Waals surface area (Å²) in [6.07, 6.45) is 4.80. The van der Waals surface area contributed by atoms with Crippen molar-refractivity contribution in [2.45, 2.75) is 53.9 Å². The molecule has 2 heteroatoms. The third-order valence-electron chi connectivity index (χ3n) is 2.54. The molecule has 19 heavy (non-hydrogen) atoms. The van der Waals surface area contributed by atoms with Crippen molar-refractivity contribution in [3.8, 4) is 0 Å². The number of rotatable bonds is 3. The molecule has 0 saturated carbocycles. The van der Waals surface area contributed by atoms with Crippen LogP contribution in [0.15, 0.2) is 30.5 Å². The molecule has 2 rings (SSSR count). The van der Waals surface area contributed by atoms with Gasteiger partial charge in [-0.15, -0.1) is 0 Å². The van der Waals surface area contributed by atoms with Crippen molar-refractivity contribution in [1.29, 1.82) is 0 Å². The summed E-state index contributed by atoms with van der Waals surface area (Å²) in [6.45, 7) is 10.1. The minimum absolute atomic E-state index is 0.209. The molecule has 0 atom stereocenters. The van der Waals surface area contributed by atoms with Gasteiger partial charge in [0.05, 0.1) is 0 Å². The van der Waals surface area contributed by atoms with E-state index in [2.05, 4.69) is 11.9 Å². The Kier molecular flexibility index (Phi) is 9.69. The van der Waals surface area contributed by atoms with E-state index in [1.54, 1.807) is 12.3 Å². The predicted octanol–water partition coefficient (Wildman–Crippen LogP) is 5.77. The van der Waals surface area contributed by atoms with Gasteiger partial charge in [0, 0.05) is 11.6 Å². The molecule has 106 valence electrons. The fraction of sp³-hybridized carbons (Fsp3) is 0.471. The first-order chi connectivity index (χ1) is 9.31. The zero-order chi connectivity index (χ0) is 14.7. The Balaban J connectivity index is 0.000000741.